The highest BCUT2D eigenvalue weighted by molar-refractivity contribution is 7.99. The Morgan fingerprint density at radius 1 is 0.966 bits per heavy atom. The summed E-state index contributed by atoms with van der Waals surface area (Å²) in [6.07, 6.45) is 13.1. The minimum Gasteiger partial charge on any atom is -0.342 e. The van der Waals surface area contributed by atoms with Crippen LogP contribution in [0.1, 0.15) is 63.2 Å². The van der Waals surface area contributed by atoms with Crippen LogP contribution < -0.4 is 0 Å². The molecule has 2 aromatic heterocycles. The van der Waals surface area contributed by atoms with Gasteiger partial charge in [0.15, 0.2) is 10.3 Å². The Kier molecular flexibility index (Phi) is 7.43. The van der Waals surface area contributed by atoms with E-state index >= 15 is 0 Å². The number of likely N-dealkylation sites (tertiary alicyclic amines) is 1. The molecule has 0 bridgehead atoms. The van der Waals surface area contributed by atoms with E-state index in [0.717, 1.165) is 54.9 Å². The van der Waals surface area contributed by atoms with Crippen LogP contribution in [0.25, 0.3) is 0 Å². The summed E-state index contributed by atoms with van der Waals surface area (Å²) in [5, 5.41) is 10.6. The van der Waals surface area contributed by atoms with Crippen molar-refractivity contribution >= 4 is 29.4 Å². The van der Waals surface area contributed by atoms with Crippen molar-refractivity contribution in [3.8, 4) is 0 Å². The number of hydrogen-bond acceptors (Lipinski definition) is 7. The second-order valence-electron chi connectivity index (χ2n) is 7.61. The van der Waals surface area contributed by atoms with Crippen LogP contribution >= 0.6 is 23.5 Å². The molecule has 1 aliphatic heterocycles. The second-order valence-corrected chi connectivity index (χ2v) is 9.50. The monoisotopic (exact) mass is 432 g/mol. The van der Waals surface area contributed by atoms with Crippen LogP contribution in [0.3, 0.4) is 0 Å². The Morgan fingerprint density at radius 3 is 2.45 bits per heavy atom. The average molecular weight is 433 g/mol. The number of amides is 1. The Balaban J connectivity index is 1.45. The predicted octanol–water partition coefficient (Wildman–Crippen LogP) is 3.97. The fraction of sp³-hybridized carbons (Fsp3) is 0.650. The number of nitrogens with zero attached hydrogens (tertiary/aromatic N) is 6. The maximum Gasteiger partial charge on any atom is 0.233 e. The molecule has 9 heteroatoms. The van der Waals surface area contributed by atoms with Gasteiger partial charge in [0, 0.05) is 31.5 Å². The van der Waals surface area contributed by atoms with Gasteiger partial charge < -0.3 is 9.47 Å². The number of carbonyl (C=O) groups excluding carboxylic acids is 1. The summed E-state index contributed by atoms with van der Waals surface area (Å²) in [5.41, 5.74) is 0. The van der Waals surface area contributed by atoms with E-state index in [2.05, 4.69) is 24.7 Å². The molecule has 0 atom stereocenters. The van der Waals surface area contributed by atoms with Crippen molar-refractivity contribution in [3.05, 3.63) is 24.3 Å². The Bertz CT molecular complexity index is 788. The van der Waals surface area contributed by atoms with Gasteiger partial charge >= 0.3 is 0 Å². The first-order valence-corrected chi connectivity index (χ1v) is 12.5. The van der Waals surface area contributed by atoms with E-state index in [-0.39, 0.29) is 5.91 Å². The third-order valence-electron chi connectivity index (χ3n) is 5.58. The van der Waals surface area contributed by atoms with E-state index in [9.17, 15) is 4.79 Å². The zero-order valence-electron chi connectivity index (χ0n) is 16.7. The molecule has 0 spiro atoms. The number of thioether (sulfide) groups is 2. The molecule has 0 N–H and O–H groups in total. The molecule has 1 saturated heterocycles. The first kappa shape index (κ1) is 20.7. The summed E-state index contributed by atoms with van der Waals surface area (Å²) in [4.78, 5) is 23.2. The highest BCUT2D eigenvalue weighted by atomic mass is 32.2. The Morgan fingerprint density at radius 2 is 1.69 bits per heavy atom. The number of hydrogen-bond donors (Lipinski definition) is 0. The van der Waals surface area contributed by atoms with Gasteiger partial charge in [-0.3, -0.25) is 4.79 Å². The third kappa shape index (κ3) is 5.51. The molecule has 0 aromatic carbocycles. The van der Waals surface area contributed by atoms with E-state index in [4.69, 9.17) is 0 Å². The van der Waals surface area contributed by atoms with Crippen molar-refractivity contribution < 1.29 is 4.79 Å². The third-order valence-corrected chi connectivity index (χ3v) is 7.38. The zero-order chi connectivity index (χ0) is 19.9. The molecule has 0 unspecified atom stereocenters. The van der Waals surface area contributed by atoms with E-state index in [1.807, 2.05) is 11.0 Å². The summed E-state index contributed by atoms with van der Waals surface area (Å²) in [6, 6.07) is 2.25. The lowest BCUT2D eigenvalue weighted by atomic mass is 9.95. The summed E-state index contributed by atoms with van der Waals surface area (Å²) in [5.74, 6) is 2.32. The molecule has 4 rings (SSSR count). The van der Waals surface area contributed by atoms with Crippen LogP contribution in [0.15, 0.2) is 28.8 Å². The van der Waals surface area contributed by atoms with Crippen LogP contribution in [0.2, 0.25) is 0 Å². The molecular formula is C20H28N6OS2. The van der Waals surface area contributed by atoms with Gasteiger partial charge in [0.25, 0.3) is 0 Å². The first-order valence-electron chi connectivity index (χ1n) is 10.6. The standard InChI is InChI=1S/C20H28N6OS2/c27-18(25-12-5-2-6-13-25)15-29-20-24-23-17(14-28-19-21-10-7-11-22-19)26(20)16-8-3-1-4-9-16/h7,10-11,16H,1-6,8-9,12-15H2. The van der Waals surface area contributed by atoms with Gasteiger partial charge in [0.2, 0.25) is 5.91 Å². The van der Waals surface area contributed by atoms with Crippen LogP contribution in [0.5, 0.6) is 0 Å². The molecule has 2 fully saturated rings. The highest BCUT2D eigenvalue weighted by Crippen LogP contribution is 2.34. The van der Waals surface area contributed by atoms with Crippen molar-refractivity contribution in [2.75, 3.05) is 18.8 Å². The van der Waals surface area contributed by atoms with Crippen LogP contribution in [-0.4, -0.2) is 54.4 Å². The second kappa shape index (κ2) is 10.4. The number of carbonyl (C=O) groups is 1. The molecule has 29 heavy (non-hydrogen) atoms. The van der Waals surface area contributed by atoms with E-state index in [1.165, 1.54) is 25.7 Å². The van der Waals surface area contributed by atoms with Gasteiger partial charge in [-0.05, 0) is 38.2 Å². The normalized spacial score (nSPS) is 18.1. The lowest BCUT2D eigenvalue weighted by Crippen LogP contribution is -2.36. The fourth-order valence-corrected chi connectivity index (χ4v) is 5.71. The van der Waals surface area contributed by atoms with E-state index in [0.29, 0.717) is 17.5 Å². The van der Waals surface area contributed by atoms with Crippen molar-refractivity contribution in [1.29, 1.82) is 0 Å². The maximum atomic E-state index is 12.6. The van der Waals surface area contributed by atoms with Gasteiger partial charge in [-0.15, -0.1) is 10.2 Å². The van der Waals surface area contributed by atoms with Crippen molar-refractivity contribution in [2.24, 2.45) is 0 Å². The quantitative estimate of drug-likeness (QED) is 0.484. The number of piperidine rings is 1. The molecule has 2 aromatic rings. The summed E-state index contributed by atoms with van der Waals surface area (Å²) >= 11 is 3.12. The predicted molar refractivity (Wildman–Crippen MR) is 115 cm³/mol. The lowest BCUT2D eigenvalue weighted by Gasteiger charge is -2.27. The fourth-order valence-electron chi connectivity index (χ4n) is 4.06. The molecule has 1 aliphatic carbocycles. The summed E-state index contributed by atoms with van der Waals surface area (Å²) < 4.78 is 2.29. The summed E-state index contributed by atoms with van der Waals surface area (Å²) in [7, 11) is 0. The molecule has 2 aliphatic rings. The topological polar surface area (TPSA) is 76.8 Å². The average Bonchev–Trinajstić information content (AvgIpc) is 3.20. The summed E-state index contributed by atoms with van der Waals surface area (Å²) in [6.45, 7) is 1.79. The molecule has 1 saturated carbocycles. The van der Waals surface area contributed by atoms with Crippen molar-refractivity contribution in [2.45, 2.75) is 73.5 Å². The molecule has 0 radical (unpaired) electrons. The largest absolute Gasteiger partial charge is 0.342 e. The van der Waals surface area contributed by atoms with Crippen LogP contribution in [-0.2, 0) is 10.5 Å². The lowest BCUT2D eigenvalue weighted by molar-refractivity contribution is -0.129. The van der Waals surface area contributed by atoms with Gasteiger partial charge in [-0.1, -0.05) is 42.8 Å². The SMILES string of the molecule is O=C(CSc1nnc(CSc2ncccn2)n1C1CCCCC1)N1CCCCC1. The van der Waals surface area contributed by atoms with Gasteiger partial charge in [0.1, 0.15) is 5.82 Å². The minimum absolute atomic E-state index is 0.224. The van der Waals surface area contributed by atoms with Gasteiger partial charge in [-0.25, -0.2) is 9.97 Å². The molecule has 3 heterocycles. The van der Waals surface area contributed by atoms with Gasteiger partial charge in [0.05, 0.1) is 11.5 Å². The van der Waals surface area contributed by atoms with E-state index < -0.39 is 0 Å². The molecule has 156 valence electrons. The number of aromatic nitrogens is 5. The van der Waals surface area contributed by atoms with Gasteiger partial charge in [-0.2, -0.15) is 0 Å². The first-order chi connectivity index (χ1) is 14.3. The molecule has 1 amide bonds. The zero-order valence-corrected chi connectivity index (χ0v) is 18.3. The minimum atomic E-state index is 0.224. The Labute approximate surface area is 180 Å². The maximum absolute atomic E-state index is 12.6. The van der Waals surface area contributed by atoms with E-state index in [1.54, 1.807) is 35.9 Å². The smallest absolute Gasteiger partial charge is 0.233 e. The van der Waals surface area contributed by atoms with Crippen molar-refractivity contribution in [1.82, 2.24) is 29.6 Å². The van der Waals surface area contributed by atoms with Crippen LogP contribution in [0, 0.1) is 0 Å². The highest BCUT2D eigenvalue weighted by Gasteiger charge is 2.24. The van der Waals surface area contributed by atoms with Crippen molar-refractivity contribution in [3.63, 3.8) is 0 Å². The Hall–Kier alpha value is -1.61. The van der Waals surface area contributed by atoms with Crippen LogP contribution in [0.4, 0.5) is 0 Å². The molecular weight excluding hydrogens is 404 g/mol. The number of rotatable bonds is 7. The molecule has 7 nitrogen and oxygen atoms in total.